The van der Waals surface area contributed by atoms with Gasteiger partial charge in [0, 0.05) is 44.2 Å². The first-order chi connectivity index (χ1) is 9.00. The van der Waals surface area contributed by atoms with Gasteiger partial charge in [0.15, 0.2) is 0 Å². The number of hydrogen-bond donors (Lipinski definition) is 3. The second-order valence-electron chi connectivity index (χ2n) is 5.65. The second-order valence-corrected chi connectivity index (χ2v) is 11.9. The predicted molar refractivity (Wildman–Crippen MR) is 92.6 cm³/mol. The Balaban J connectivity index is -0.0000000973. The van der Waals surface area contributed by atoms with Gasteiger partial charge >= 0.3 is 54.5 Å². The molecule has 0 aliphatic heterocycles. The first kappa shape index (κ1) is 29.6. The van der Waals surface area contributed by atoms with E-state index in [0.717, 1.165) is 0 Å². The SMILES string of the molecule is CC(C)O.CC(C)O.CC(C)O.[CH3][GeH]([CH3])[c-]1cccc1.[Hf]. The third-order valence-electron chi connectivity index (χ3n) is 1.36. The zero-order chi connectivity index (χ0) is 16.7. The Bertz CT molecular complexity index is 238. The predicted octanol–water partition coefficient (Wildman–Crippen LogP) is 2.26. The van der Waals surface area contributed by atoms with Crippen LogP contribution in [-0.4, -0.2) is 48.0 Å². The molecule has 0 aliphatic carbocycles. The van der Waals surface area contributed by atoms with Crippen LogP contribution in [0.4, 0.5) is 0 Å². The fourth-order valence-electron chi connectivity index (χ4n) is 0.774. The number of aliphatic hydroxyl groups is 3. The van der Waals surface area contributed by atoms with E-state index in [0.29, 0.717) is 0 Å². The van der Waals surface area contributed by atoms with Gasteiger partial charge in [-0.2, -0.15) is 0 Å². The van der Waals surface area contributed by atoms with Crippen molar-refractivity contribution in [3.8, 4) is 0 Å². The van der Waals surface area contributed by atoms with E-state index in [1.165, 1.54) is 0 Å². The topological polar surface area (TPSA) is 60.7 Å². The molecule has 1 aromatic carbocycles. The molecule has 0 heterocycles. The van der Waals surface area contributed by atoms with Gasteiger partial charge in [-0.3, -0.25) is 0 Å². The minimum Gasteiger partial charge on any atom is 0 e. The third kappa shape index (κ3) is 52.9. The van der Waals surface area contributed by atoms with Crippen molar-refractivity contribution in [2.45, 2.75) is 71.4 Å². The zero-order valence-electron chi connectivity index (χ0n) is 15.0. The summed E-state index contributed by atoms with van der Waals surface area (Å²) in [5.74, 6) is 4.78. The van der Waals surface area contributed by atoms with Gasteiger partial charge in [0.1, 0.15) is 0 Å². The van der Waals surface area contributed by atoms with Gasteiger partial charge in [-0.05, 0) is 41.5 Å². The molecule has 0 saturated carbocycles. The summed E-state index contributed by atoms with van der Waals surface area (Å²) in [6.07, 6.45) is -0.500. The first-order valence-corrected chi connectivity index (χ1v) is 13.3. The summed E-state index contributed by atoms with van der Waals surface area (Å²) >= 11 is -0.888. The molecular weight excluding hydrogens is 491 g/mol. The van der Waals surface area contributed by atoms with Crippen LogP contribution in [0, 0.1) is 0 Å². The molecule has 3 N–H and O–H groups in total. The Morgan fingerprint density at radius 2 is 0.905 bits per heavy atom. The maximum Gasteiger partial charge on any atom is 0 e. The molecule has 0 fully saturated rings. The van der Waals surface area contributed by atoms with Crippen LogP contribution in [0.5, 0.6) is 0 Å². The summed E-state index contributed by atoms with van der Waals surface area (Å²) < 4.78 is 1.62. The molecule has 5 heteroatoms. The molecule has 0 unspecified atom stereocenters. The molecule has 1 aromatic rings. The van der Waals surface area contributed by atoms with Crippen molar-refractivity contribution >= 4 is 18.7 Å². The van der Waals surface area contributed by atoms with Crippen LogP contribution in [0.25, 0.3) is 0 Å². The van der Waals surface area contributed by atoms with E-state index in [-0.39, 0.29) is 44.2 Å². The van der Waals surface area contributed by atoms with E-state index in [1.54, 1.807) is 45.9 Å². The summed E-state index contributed by atoms with van der Waals surface area (Å²) in [5.41, 5.74) is 0. The molecule has 0 aromatic heterocycles. The van der Waals surface area contributed by atoms with Gasteiger partial charge in [-0.15, -0.1) is 0 Å². The van der Waals surface area contributed by atoms with Crippen LogP contribution in [-0.2, 0) is 25.8 Å². The maximum atomic E-state index is 8.06. The Hall–Kier alpha value is 0.643. The smallest absolute Gasteiger partial charge is 0 e. The third-order valence-corrected chi connectivity index (χ3v) is 4.96. The molecule has 0 spiro atoms. The normalized spacial score (nSPS) is 9.10. The van der Waals surface area contributed by atoms with Crippen molar-refractivity contribution in [2.75, 3.05) is 0 Å². The van der Waals surface area contributed by atoms with E-state index >= 15 is 0 Å². The fraction of sp³-hybridized carbons (Fsp3) is 0.688. The summed E-state index contributed by atoms with van der Waals surface area (Å²) in [5, 5.41) is 24.2. The van der Waals surface area contributed by atoms with Gasteiger partial charge in [0.05, 0.1) is 0 Å². The molecule has 0 aliphatic rings. The van der Waals surface area contributed by atoms with Crippen LogP contribution in [0.2, 0.25) is 11.5 Å². The van der Waals surface area contributed by atoms with Crippen molar-refractivity contribution < 1.29 is 41.2 Å². The summed E-state index contributed by atoms with van der Waals surface area (Å²) in [6.45, 7) is 10.3. The number of hydrogen-bond acceptors (Lipinski definition) is 3. The van der Waals surface area contributed by atoms with Gasteiger partial charge in [0.2, 0.25) is 0 Å². The maximum absolute atomic E-state index is 8.06. The van der Waals surface area contributed by atoms with Gasteiger partial charge < -0.3 is 15.3 Å². The Labute approximate surface area is 155 Å². The van der Waals surface area contributed by atoms with Gasteiger partial charge in [-0.25, -0.2) is 0 Å². The minimum absolute atomic E-state index is 0. The summed E-state index contributed by atoms with van der Waals surface area (Å²) in [4.78, 5) is 0. The number of aliphatic hydroxyl groups excluding tert-OH is 3. The minimum atomic E-state index is -0.888. The molecule has 126 valence electrons. The summed E-state index contributed by atoms with van der Waals surface area (Å²) in [6, 6.07) is 8.73. The molecule has 1 rings (SSSR count). The van der Waals surface area contributed by atoms with Gasteiger partial charge in [-0.1, -0.05) is 0 Å². The van der Waals surface area contributed by atoms with E-state index < -0.39 is 14.3 Å². The van der Waals surface area contributed by atoms with Crippen LogP contribution < -0.4 is 4.40 Å². The molecule has 3 nitrogen and oxygen atoms in total. The van der Waals surface area contributed by atoms with Gasteiger partial charge in [0.25, 0.3) is 0 Å². The monoisotopic (exact) mass is 529 g/mol. The molecule has 0 bridgehead atoms. The van der Waals surface area contributed by atoms with Crippen molar-refractivity contribution in [3.63, 3.8) is 0 Å². The molecule has 0 saturated heterocycles. The van der Waals surface area contributed by atoms with Crippen LogP contribution in [0.3, 0.4) is 0 Å². The zero-order valence-corrected chi connectivity index (χ0v) is 21.0. The second kappa shape index (κ2) is 20.6. The van der Waals surface area contributed by atoms with E-state index in [4.69, 9.17) is 15.3 Å². The number of rotatable bonds is 1. The quantitative estimate of drug-likeness (QED) is 0.389. The van der Waals surface area contributed by atoms with E-state index in [1.807, 2.05) is 0 Å². The summed E-state index contributed by atoms with van der Waals surface area (Å²) in [7, 11) is 0. The first-order valence-electron chi connectivity index (χ1n) is 7.26. The van der Waals surface area contributed by atoms with Crippen LogP contribution >= 0.6 is 0 Å². The Morgan fingerprint density at radius 3 is 1.00 bits per heavy atom. The Kier molecular flexibility index (Phi) is 29.1. The standard InChI is InChI=1S/C7H11Ge.3C3H8O.Hf/c1-8(2)7-5-3-4-6-7;3*1-3(2)4;/h3-6,8H,1-2H3;3*3-4H,1-2H3;/q-1;;;;. The molecule has 21 heavy (non-hydrogen) atoms. The average molecular weight is 527 g/mol. The van der Waals surface area contributed by atoms with Crippen molar-refractivity contribution in [2.24, 2.45) is 0 Å². The van der Waals surface area contributed by atoms with Crippen molar-refractivity contribution in [3.05, 3.63) is 24.3 Å². The molecule has 0 amide bonds. The average Bonchev–Trinajstić information content (AvgIpc) is 2.66. The van der Waals surface area contributed by atoms with Crippen molar-refractivity contribution in [1.82, 2.24) is 0 Å². The largest absolute Gasteiger partial charge is 0 e. The van der Waals surface area contributed by atoms with Crippen LogP contribution in [0.1, 0.15) is 41.5 Å². The molecule has 0 radical (unpaired) electrons. The fourth-order valence-corrected chi connectivity index (χ4v) is 2.86. The van der Waals surface area contributed by atoms with E-state index in [2.05, 4.69) is 35.8 Å². The Morgan fingerprint density at radius 1 is 0.714 bits per heavy atom. The van der Waals surface area contributed by atoms with E-state index in [9.17, 15) is 0 Å². The molecule has 0 atom stereocenters. The molecular formula is C16H35GeHfO3-. The van der Waals surface area contributed by atoms with Crippen LogP contribution in [0.15, 0.2) is 24.3 Å². The van der Waals surface area contributed by atoms with Crippen molar-refractivity contribution in [1.29, 1.82) is 0 Å².